The molecule has 1 aromatic rings. The lowest BCUT2D eigenvalue weighted by Gasteiger charge is -2.04. The highest BCUT2D eigenvalue weighted by Crippen LogP contribution is 2.26. The number of carboxylic acid groups (broad SMARTS) is 1. The van der Waals surface area contributed by atoms with E-state index in [0.717, 1.165) is 6.07 Å². The molecule has 14 heavy (non-hydrogen) atoms. The predicted octanol–water partition coefficient (Wildman–Crippen LogP) is 0.993. The molecule has 0 fully saturated rings. The number of carbonyl (C=O) groups is 1. The Morgan fingerprint density at radius 1 is 1.57 bits per heavy atom. The quantitative estimate of drug-likeness (QED) is 0.747. The van der Waals surface area contributed by atoms with Crippen LogP contribution in [0.25, 0.3) is 0 Å². The number of aromatic hydroxyl groups is 1. The third-order valence-corrected chi connectivity index (χ3v) is 1.50. The first-order valence-corrected chi connectivity index (χ1v) is 3.71. The molecule has 0 amide bonds. The predicted molar refractivity (Wildman–Crippen MR) is 46.2 cm³/mol. The molecule has 5 heteroatoms. The molecule has 0 heterocycles. The molecular formula is C9H7NO4. The van der Waals surface area contributed by atoms with E-state index in [0.29, 0.717) is 0 Å². The van der Waals surface area contributed by atoms with Crippen molar-refractivity contribution in [3.63, 3.8) is 0 Å². The Labute approximate surface area is 79.8 Å². The molecule has 72 valence electrons. The monoisotopic (exact) mass is 193 g/mol. The lowest BCUT2D eigenvalue weighted by molar-refractivity contribution is 0.0696. The van der Waals surface area contributed by atoms with Crippen LogP contribution in [0.4, 0.5) is 0 Å². The third kappa shape index (κ3) is 2.14. The molecule has 0 saturated carbocycles. The fourth-order valence-corrected chi connectivity index (χ4v) is 0.873. The van der Waals surface area contributed by atoms with E-state index < -0.39 is 5.97 Å². The molecule has 0 atom stereocenters. The molecule has 0 saturated heterocycles. The van der Waals surface area contributed by atoms with Crippen LogP contribution in [-0.4, -0.2) is 22.8 Å². The maximum atomic E-state index is 10.5. The summed E-state index contributed by atoms with van der Waals surface area (Å²) in [6.07, 6.45) is 0. The zero-order chi connectivity index (χ0) is 10.6. The van der Waals surface area contributed by atoms with E-state index in [1.54, 1.807) is 6.07 Å². The van der Waals surface area contributed by atoms with Crippen LogP contribution in [0.5, 0.6) is 11.5 Å². The van der Waals surface area contributed by atoms with Gasteiger partial charge in [0.15, 0.2) is 18.1 Å². The van der Waals surface area contributed by atoms with Crippen molar-refractivity contribution in [3.05, 3.63) is 23.8 Å². The van der Waals surface area contributed by atoms with E-state index in [4.69, 9.17) is 15.1 Å². The maximum Gasteiger partial charge on any atom is 0.335 e. The first-order valence-electron chi connectivity index (χ1n) is 3.71. The standard InChI is InChI=1S/C9H7NO4/c10-3-4-14-8-5-6(9(12)13)1-2-7(8)11/h1-2,5,11H,4H2,(H,12,13). The van der Waals surface area contributed by atoms with E-state index in [1.807, 2.05) is 0 Å². The maximum absolute atomic E-state index is 10.5. The van der Waals surface area contributed by atoms with Gasteiger partial charge in [0.05, 0.1) is 5.56 Å². The Morgan fingerprint density at radius 3 is 2.86 bits per heavy atom. The minimum atomic E-state index is -1.12. The second-order valence-corrected chi connectivity index (χ2v) is 2.43. The summed E-state index contributed by atoms with van der Waals surface area (Å²) in [5.74, 6) is -1.32. The molecule has 0 spiro atoms. The molecule has 0 unspecified atom stereocenters. The van der Waals surface area contributed by atoms with Crippen molar-refractivity contribution in [3.8, 4) is 17.6 Å². The third-order valence-electron chi connectivity index (χ3n) is 1.50. The first kappa shape index (κ1) is 9.86. The number of aromatic carboxylic acids is 1. The molecule has 0 radical (unpaired) electrons. The van der Waals surface area contributed by atoms with Gasteiger partial charge in [-0.3, -0.25) is 0 Å². The van der Waals surface area contributed by atoms with Gasteiger partial charge in [-0.2, -0.15) is 5.26 Å². The van der Waals surface area contributed by atoms with E-state index in [9.17, 15) is 9.90 Å². The van der Waals surface area contributed by atoms with E-state index in [-0.39, 0.29) is 23.7 Å². The summed E-state index contributed by atoms with van der Waals surface area (Å²) in [5, 5.41) is 26.1. The highest BCUT2D eigenvalue weighted by Gasteiger charge is 2.08. The summed E-state index contributed by atoms with van der Waals surface area (Å²) < 4.78 is 4.80. The summed E-state index contributed by atoms with van der Waals surface area (Å²) >= 11 is 0. The molecule has 0 bridgehead atoms. The van der Waals surface area contributed by atoms with E-state index in [1.165, 1.54) is 12.1 Å². The zero-order valence-electron chi connectivity index (χ0n) is 7.10. The van der Waals surface area contributed by atoms with Gasteiger partial charge in [-0.15, -0.1) is 0 Å². The molecule has 0 aliphatic heterocycles. The van der Waals surface area contributed by atoms with Crippen LogP contribution in [0.2, 0.25) is 0 Å². The number of nitrogens with zero attached hydrogens (tertiary/aromatic N) is 1. The minimum Gasteiger partial charge on any atom is -0.504 e. The van der Waals surface area contributed by atoms with Gasteiger partial charge in [-0.1, -0.05) is 0 Å². The van der Waals surface area contributed by atoms with Crippen molar-refractivity contribution in [2.24, 2.45) is 0 Å². The number of benzene rings is 1. The highest BCUT2D eigenvalue weighted by molar-refractivity contribution is 5.88. The van der Waals surface area contributed by atoms with Crippen molar-refractivity contribution < 1.29 is 19.7 Å². The largest absolute Gasteiger partial charge is 0.504 e. The summed E-state index contributed by atoms with van der Waals surface area (Å²) in [4.78, 5) is 10.5. The minimum absolute atomic E-state index is 0.00394. The first-order chi connectivity index (χ1) is 6.65. The average Bonchev–Trinajstić information content (AvgIpc) is 2.16. The van der Waals surface area contributed by atoms with Crippen molar-refractivity contribution in [2.45, 2.75) is 0 Å². The van der Waals surface area contributed by atoms with Crippen LogP contribution in [0.3, 0.4) is 0 Å². The Kier molecular flexibility index (Phi) is 2.92. The SMILES string of the molecule is N#CCOc1cc(C(=O)O)ccc1O. The summed E-state index contributed by atoms with van der Waals surface area (Å²) in [7, 11) is 0. The topological polar surface area (TPSA) is 90.5 Å². The molecule has 0 aliphatic rings. The number of ether oxygens (including phenoxy) is 1. The Hall–Kier alpha value is -2.22. The van der Waals surface area contributed by atoms with Gasteiger partial charge in [0.1, 0.15) is 6.07 Å². The summed E-state index contributed by atoms with van der Waals surface area (Å²) in [5.41, 5.74) is -0.00394. The van der Waals surface area contributed by atoms with Gasteiger partial charge in [-0.25, -0.2) is 4.79 Å². The second kappa shape index (κ2) is 4.14. The van der Waals surface area contributed by atoms with Gasteiger partial charge in [0, 0.05) is 0 Å². The smallest absolute Gasteiger partial charge is 0.335 e. The number of phenolic OH excluding ortho intramolecular Hbond substituents is 1. The van der Waals surface area contributed by atoms with Gasteiger partial charge >= 0.3 is 5.97 Å². The van der Waals surface area contributed by atoms with Crippen LogP contribution in [0.15, 0.2) is 18.2 Å². The highest BCUT2D eigenvalue weighted by atomic mass is 16.5. The number of phenols is 1. The summed E-state index contributed by atoms with van der Waals surface area (Å²) in [6.45, 7) is -0.239. The van der Waals surface area contributed by atoms with E-state index in [2.05, 4.69) is 0 Å². The van der Waals surface area contributed by atoms with Crippen molar-refractivity contribution in [1.82, 2.24) is 0 Å². The average molecular weight is 193 g/mol. The number of carboxylic acids is 1. The fraction of sp³-hybridized carbons (Fsp3) is 0.111. The number of rotatable bonds is 3. The molecule has 1 aromatic carbocycles. The van der Waals surface area contributed by atoms with Crippen molar-refractivity contribution >= 4 is 5.97 Å². The van der Waals surface area contributed by atoms with Gasteiger partial charge in [-0.05, 0) is 18.2 Å². The van der Waals surface area contributed by atoms with Gasteiger partial charge in [0.25, 0.3) is 0 Å². The van der Waals surface area contributed by atoms with Crippen molar-refractivity contribution in [1.29, 1.82) is 5.26 Å². The molecule has 0 aliphatic carbocycles. The number of hydrogen-bond acceptors (Lipinski definition) is 4. The van der Waals surface area contributed by atoms with Crippen LogP contribution >= 0.6 is 0 Å². The molecule has 1 rings (SSSR count). The second-order valence-electron chi connectivity index (χ2n) is 2.43. The van der Waals surface area contributed by atoms with Gasteiger partial charge < -0.3 is 14.9 Å². The van der Waals surface area contributed by atoms with Crippen LogP contribution in [0.1, 0.15) is 10.4 Å². The molecular weight excluding hydrogens is 186 g/mol. The van der Waals surface area contributed by atoms with Gasteiger partial charge in [0.2, 0.25) is 0 Å². The number of hydrogen-bond donors (Lipinski definition) is 2. The lowest BCUT2D eigenvalue weighted by atomic mass is 10.2. The van der Waals surface area contributed by atoms with Crippen LogP contribution in [-0.2, 0) is 0 Å². The normalized spacial score (nSPS) is 9.07. The van der Waals surface area contributed by atoms with E-state index >= 15 is 0 Å². The fourth-order valence-electron chi connectivity index (χ4n) is 0.873. The van der Waals surface area contributed by atoms with Crippen LogP contribution in [0, 0.1) is 11.3 Å². The van der Waals surface area contributed by atoms with Crippen molar-refractivity contribution in [2.75, 3.05) is 6.61 Å². The molecule has 5 nitrogen and oxygen atoms in total. The Balaban J connectivity index is 2.97. The Morgan fingerprint density at radius 2 is 2.29 bits per heavy atom. The Bertz CT molecular complexity index is 394. The number of nitriles is 1. The molecule has 2 N–H and O–H groups in total. The zero-order valence-corrected chi connectivity index (χ0v) is 7.10. The van der Waals surface area contributed by atoms with Crippen LogP contribution < -0.4 is 4.74 Å². The summed E-state index contributed by atoms with van der Waals surface area (Å²) in [6, 6.07) is 5.32. The molecule has 0 aromatic heterocycles. The lowest BCUT2D eigenvalue weighted by Crippen LogP contribution is -1.99.